The summed E-state index contributed by atoms with van der Waals surface area (Å²) in [5.74, 6) is 0. The van der Waals surface area contributed by atoms with Gasteiger partial charge in [-0.2, -0.15) is 0 Å². The highest BCUT2D eigenvalue weighted by Crippen LogP contribution is 2.20. The molecular formula is C13H15N. The van der Waals surface area contributed by atoms with E-state index < -0.39 is 0 Å². The predicted octanol–water partition coefficient (Wildman–Crippen LogP) is 3.44. The van der Waals surface area contributed by atoms with Gasteiger partial charge in [-0.15, -0.1) is 0 Å². The van der Waals surface area contributed by atoms with E-state index >= 15 is 0 Å². The number of hydrogen-bond acceptors (Lipinski definition) is 1. The van der Waals surface area contributed by atoms with E-state index in [1.165, 1.54) is 22.0 Å². The van der Waals surface area contributed by atoms with Crippen LogP contribution in [0.25, 0.3) is 10.8 Å². The first kappa shape index (κ1) is 9.07. The van der Waals surface area contributed by atoms with Crippen LogP contribution in [-0.4, -0.2) is 7.05 Å². The Bertz CT molecular complexity index is 403. The van der Waals surface area contributed by atoms with Gasteiger partial charge in [0.1, 0.15) is 0 Å². The number of fused-ring (bicyclic) bond motifs is 1. The SMILES string of the molecule is CCc1ccc2cc(NC)ccc2c1. The zero-order valence-electron chi connectivity index (χ0n) is 8.67. The minimum absolute atomic E-state index is 1.10. The third-order valence-corrected chi connectivity index (χ3v) is 2.60. The van der Waals surface area contributed by atoms with Crippen LogP contribution >= 0.6 is 0 Å². The Morgan fingerprint density at radius 3 is 2.43 bits per heavy atom. The van der Waals surface area contributed by atoms with Crippen molar-refractivity contribution in [1.29, 1.82) is 0 Å². The van der Waals surface area contributed by atoms with Crippen LogP contribution < -0.4 is 5.32 Å². The highest BCUT2D eigenvalue weighted by molar-refractivity contribution is 5.86. The molecule has 0 atom stereocenters. The monoisotopic (exact) mass is 185 g/mol. The number of anilines is 1. The Hall–Kier alpha value is -1.50. The molecule has 0 saturated heterocycles. The summed E-state index contributed by atoms with van der Waals surface area (Å²) in [6.45, 7) is 2.18. The van der Waals surface area contributed by atoms with Crippen molar-refractivity contribution in [2.45, 2.75) is 13.3 Å². The highest BCUT2D eigenvalue weighted by atomic mass is 14.8. The Balaban J connectivity index is 2.57. The largest absolute Gasteiger partial charge is 0.388 e. The van der Waals surface area contributed by atoms with E-state index in [-0.39, 0.29) is 0 Å². The maximum Gasteiger partial charge on any atom is 0.0343 e. The van der Waals surface area contributed by atoms with Crippen molar-refractivity contribution in [3.63, 3.8) is 0 Å². The number of aryl methyl sites for hydroxylation is 1. The Labute approximate surface area is 84.8 Å². The first-order valence-corrected chi connectivity index (χ1v) is 5.04. The minimum atomic E-state index is 1.10. The van der Waals surface area contributed by atoms with Crippen molar-refractivity contribution in [3.8, 4) is 0 Å². The average molecular weight is 185 g/mol. The first-order valence-electron chi connectivity index (χ1n) is 5.04. The molecule has 1 N–H and O–H groups in total. The lowest BCUT2D eigenvalue weighted by Crippen LogP contribution is -1.87. The molecule has 0 aliphatic heterocycles. The molecule has 0 heterocycles. The molecule has 0 aliphatic rings. The number of benzene rings is 2. The summed E-state index contributed by atoms with van der Waals surface area (Å²) in [4.78, 5) is 0. The van der Waals surface area contributed by atoms with Crippen molar-refractivity contribution in [3.05, 3.63) is 42.0 Å². The van der Waals surface area contributed by atoms with Crippen molar-refractivity contribution < 1.29 is 0 Å². The molecule has 1 heteroatoms. The molecule has 0 fully saturated rings. The molecule has 0 aromatic heterocycles. The summed E-state index contributed by atoms with van der Waals surface area (Å²) >= 11 is 0. The van der Waals surface area contributed by atoms with Crippen LogP contribution in [0.2, 0.25) is 0 Å². The molecule has 0 amide bonds. The number of rotatable bonds is 2. The molecule has 0 radical (unpaired) electrons. The highest BCUT2D eigenvalue weighted by Gasteiger charge is 1.96. The number of hydrogen-bond donors (Lipinski definition) is 1. The van der Waals surface area contributed by atoms with Crippen molar-refractivity contribution in [1.82, 2.24) is 0 Å². The molecule has 0 aliphatic carbocycles. The second-order valence-electron chi connectivity index (χ2n) is 3.50. The fourth-order valence-corrected chi connectivity index (χ4v) is 1.67. The van der Waals surface area contributed by atoms with Crippen molar-refractivity contribution in [2.24, 2.45) is 0 Å². The maximum absolute atomic E-state index is 3.15. The topological polar surface area (TPSA) is 12.0 Å². The summed E-state index contributed by atoms with van der Waals surface area (Å²) in [5, 5.41) is 5.77. The van der Waals surface area contributed by atoms with Crippen LogP contribution in [0.3, 0.4) is 0 Å². The van der Waals surface area contributed by atoms with Gasteiger partial charge in [-0.3, -0.25) is 0 Å². The molecule has 0 spiro atoms. The molecule has 72 valence electrons. The third kappa shape index (κ3) is 1.58. The zero-order valence-corrected chi connectivity index (χ0v) is 8.67. The Morgan fingerprint density at radius 1 is 1.00 bits per heavy atom. The fraction of sp³-hybridized carbons (Fsp3) is 0.231. The summed E-state index contributed by atoms with van der Waals surface area (Å²) in [6, 6.07) is 13.1. The van der Waals surface area contributed by atoms with Gasteiger partial charge in [0.2, 0.25) is 0 Å². The predicted molar refractivity (Wildman–Crippen MR) is 62.9 cm³/mol. The third-order valence-electron chi connectivity index (χ3n) is 2.60. The lowest BCUT2D eigenvalue weighted by Gasteiger charge is -2.04. The second-order valence-corrected chi connectivity index (χ2v) is 3.50. The van der Waals surface area contributed by atoms with Gasteiger partial charge >= 0.3 is 0 Å². The van der Waals surface area contributed by atoms with E-state index in [4.69, 9.17) is 0 Å². The smallest absolute Gasteiger partial charge is 0.0343 e. The maximum atomic E-state index is 3.15. The Morgan fingerprint density at radius 2 is 1.71 bits per heavy atom. The molecule has 2 aromatic carbocycles. The second kappa shape index (κ2) is 3.70. The summed E-state index contributed by atoms with van der Waals surface area (Å²) in [6.07, 6.45) is 1.10. The van der Waals surface area contributed by atoms with E-state index in [1.54, 1.807) is 0 Å². The number of nitrogens with one attached hydrogen (secondary N) is 1. The van der Waals surface area contributed by atoms with E-state index in [0.29, 0.717) is 0 Å². The van der Waals surface area contributed by atoms with Crippen molar-refractivity contribution >= 4 is 16.5 Å². The molecule has 0 unspecified atom stereocenters. The van der Waals surface area contributed by atoms with Gasteiger partial charge in [0.25, 0.3) is 0 Å². The van der Waals surface area contributed by atoms with Crippen LogP contribution in [0, 0.1) is 0 Å². The van der Waals surface area contributed by atoms with Crippen LogP contribution in [0.4, 0.5) is 5.69 Å². The fourth-order valence-electron chi connectivity index (χ4n) is 1.67. The summed E-state index contributed by atoms with van der Waals surface area (Å²) in [7, 11) is 1.95. The van der Waals surface area contributed by atoms with E-state index in [2.05, 4.69) is 48.6 Å². The van der Waals surface area contributed by atoms with Crippen LogP contribution in [-0.2, 0) is 6.42 Å². The minimum Gasteiger partial charge on any atom is -0.388 e. The molecule has 2 aromatic rings. The molecule has 0 saturated carbocycles. The van der Waals surface area contributed by atoms with E-state index in [1.807, 2.05) is 7.05 Å². The van der Waals surface area contributed by atoms with Gasteiger partial charge in [-0.05, 0) is 34.9 Å². The normalized spacial score (nSPS) is 10.4. The summed E-state index contributed by atoms with van der Waals surface area (Å²) in [5.41, 5.74) is 2.57. The Kier molecular flexibility index (Phi) is 2.40. The lowest BCUT2D eigenvalue weighted by atomic mass is 10.1. The van der Waals surface area contributed by atoms with Gasteiger partial charge in [0.15, 0.2) is 0 Å². The van der Waals surface area contributed by atoms with Crippen LogP contribution in [0.1, 0.15) is 12.5 Å². The van der Waals surface area contributed by atoms with Gasteiger partial charge in [-0.25, -0.2) is 0 Å². The first-order chi connectivity index (χ1) is 6.83. The van der Waals surface area contributed by atoms with Gasteiger partial charge in [-0.1, -0.05) is 31.2 Å². The quantitative estimate of drug-likeness (QED) is 0.755. The molecule has 14 heavy (non-hydrogen) atoms. The van der Waals surface area contributed by atoms with E-state index in [9.17, 15) is 0 Å². The van der Waals surface area contributed by atoms with Gasteiger partial charge in [0.05, 0.1) is 0 Å². The van der Waals surface area contributed by atoms with Gasteiger partial charge in [0, 0.05) is 12.7 Å². The van der Waals surface area contributed by atoms with Crippen LogP contribution in [0.15, 0.2) is 36.4 Å². The lowest BCUT2D eigenvalue weighted by molar-refractivity contribution is 1.15. The molecule has 0 bridgehead atoms. The van der Waals surface area contributed by atoms with Crippen LogP contribution in [0.5, 0.6) is 0 Å². The zero-order chi connectivity index (χ0) is 9.97. The average Bonchev–Trinajstić information content (AvgIpc) is 2.27. The summed E-state index contributed by atoms with van der Waals surface area (Å²) < 4.78 is 0. The molecule has 2 rings (SSSR count). The standard InChI is InChI=1S/C13H15N/c1-3-10-4-5-12-9-13(14-2)7-6-11(12)8-10/h4-9,14H,3H2,1-2H3. The van der Waals surface area contributed by atoms with Gasteiger partial charge < -0.3 is 5.32 Å². The van der Waals surface area contributed by atoms with E-state index in [0.717, 1.165) is 6.42 Å². The van der Waals surface area contributed by atoms with Crippen molar-refractivity contribution in [2.75, 3.05) is 12.4 Å². The molecular weight excluding hydrogens is 170 g/mol. The molecule has 1 nitrogen and oxygen atoms in total.